The fourth-order valence-electron chi connectivity index (χ4n) is 1.07. The molecule has 2 N–H and O–H groups in total. The van der Waals surface area contributed by atoms with E-state index in [0.29, 0.717) is 24.7 Å². The van der Waals surface area contributed by atoms with E-state index in [1.807, 2.05) is 25.1 Å². The second-order valence-electron chi connectivity index (χ2n) is 2.71. The van der Waals surface area contributed by atoms with Gasteiger partial charge in [-0.25, -0.2) is 0 Å². The van der Waals surface area contributed by atoms with Crippen molar-refractivity contribution in [1.82, 2.24) is 0 Å². The Labute approximate surface area is 78.5 Å². The summed E-state index contributed by atoms with van der Waals surface area (Å²) in [5.74, 6) is 0.706. The number of methoxy groups -OCH3 is 1. The Balaban J connectivity index is 2.74. The van der Waals surface area contributed by atoms with Crippen LogP contribution in [-0.2, 0) is 11.3 Å². The van der Waals surface area contributed by atoms with E-state index in [9.17, 15) is 0 Å². The van der Waals surface area contributed by atoms with Gasteiger partial charge in [0.1, 0.15) is 5.75 Å². The maximum atomic E-state index is 5.66. The Morgan fingerprint density at radius 1 is 1.38 bits per heavy atom. The molecule has 0 saturated carbocycles. The molecule has 0 bridgehead atoms. The van der Waals surface area contributed by atoms with E-state index in [2.05, 4.69) is 0 Å². The van der Waals surface area contributed by atoms with Crippen molar-refractivity contribution in [3.63, 3.8) is 0 Å². The summed E-state index contributed by atoms with van der Waals surface area (Å²) in [6, 6.07) is 5.66. The Bertz CT molecular complexity index is 274. The SMILES string of the molecule is CCOCc1ccc(N)c(OC)c1. The van der Waals surface area contributed by atoms with E-state index >= 15 is 0 Å². The normalized spacial score (nSPS) is 10.0. The Morgan fingerprint density at radius 3 is 2.77 bits per heavy atom. The van der Waals surface area contributed by atoms with Crippen LogP contribution in [0.5, 0.6) is 5.75 Å². The van der Waals surface area contributed by atoms with E-state index in [1.54, 1.807) is 7.11 Å². The van der Waals surface area contributed by atoms with Crippen molar-refractivity contribution in [3.05, 3.63) is 23.8 Å². The molecular weight excluding hydrogens is 166 g/mol. The minimum absolute atomic E-state index is 0.604. The van der Waals surface area contributed by atoms with E-state index in [1.165, 1.54) is 0 Å². The zero-order valence-corrected chi connectivity index (χ0v) is 8.04. The highest BCUT2D eigenvalue weighted by Crippen LogP contribution is 2.22. The molecular formula is C10H15NO2. The fraction of sp³-hybridized carbons (Fsp3) is 0.400. The van der Waals surface area contributed by atoms with Gasteiger partial charge in [0.15, 0.2) is 0 Å². The van der Waals surface area contributed by atoms with Crippen LogP contribution in [-0.4, -0.2) is 13.7 Å². The van der Waals surface area contributed by atoms with Crippen LogP contribution >= 0.6 is 0 Å². The number of nitrogens with two attached hydrogens (primary N) is 1. The van der Waals surface area contributed by atoms with Crippen molar-refractivity contribution in [1.29, 1.82) is 0 Å². The molecule has 0 aliphatic heterocycles. The minimum Gasteiger partial charge on any atom is -0.495 e. The molecule has 0 aliphatic carbocycles. The number of benzene rings is 1. The Morgan fingerprint density at radius 2 is 2.15 bits per heavy atom. The van der Waals surface area contributed by atoms with Crippen LogP contribution in [0.25, 0.3) is 0 Å². The van der Waals surface area contributed by atoms with Crippen molar-refractivity contribution in [3.8, 4) is 5.75 Å². The summed E-state index contributed by atoms with van der Waals surface area (Å²) >= 11 is 0. The van der Waals surface area contributed by atoms with Gasteiger partial charge in [0, 0.05) is 6.61 Å². The molecule has 0 saturated heterocycles. The van der Waals surface area contributed by atoms with Crippen molar-refractivity contribution >= 4 is 5.69 Å². The van der Waals surface area contributed by atoms with Gasteiger partial charge < -0.3 is 15.2 Å². The smallest absolute Gasteiger partial charge is 0.142 e. The molecule has 0 fully saturated rings. The predicted molar refractivity (Wildman–Crippen MR) is 52.7 cm³/mol. The molecule has 0 heterocycles. The van der Waals surface area contributed by atoms with Gasteiger partial charge in [-0.05, 0) is 24.6 Å². The standard InChI is InChI=1S/C10H15NO2/c1-3-13-7-8-4-5-9(11)10(6-8)12-2/h4-6H,3,7,11H2,1-2H3. The fourth-order valence-corrected chi connectivity index (χ4v) is 1.07. The van der Waals surface area contributed by atoms with Crippen molar-refractivity contribution in [2.45, 2.75) is 13.5 Å². The van der Waals surface area contributed by atoms with Crippen LogP contribution in [0.4, 0.5) is 5.69 Å². The first-order chi connectivity index (χ1) is 6.27. The maximum Gasteiger partial charge on any atom is 0.142 e. The lowest BCUT2D eigenvalue weighted by Crippen LogP contribution is -1.96. The highest BCUT2D eigenvalue weighted by atomic mass is 16.5. The maximum absolute atomic E-state index is 5.66. The van der Waals surface area contributed by atoms with Crippen LogP contribution in [0.1, 0.15) is 12.5 Å². The van der Waals surface area contributed by atoms with E-state index < -0.39 is 0 Å². The zero-order chi connectivity index (χ0) is 9.68. The third-order valence-corrected chi connectivity index (χ3v) is 1.77. The van der Waals surface area contributed by atoms with E-state index in [0.717, 1.165) is 5.56 Å². The van der Waals surface area contributed by atoms with Gasteiger partial charge in [-0.15, -0.1) is 0 Å². The van der Waals surface area contributed by atoms with Crippen LogP contribution < -0.4 is 10.5 Å². The number of anilines is 1. The molecule has 1 aromatic carbocycles. The van der Waals surface area contributed by atoms with Crippen LogP contribution in [0.3, 0.4) is 0 Å². The molecule has 0 aliphatic rings. The summed E-state index contributed by atoms with van der Waals surface area (Å²) in [7, 11) is 1.61. The summed E-state index contributed by atoms with van der Waals surface area (Å²) in [4.78, 5) is 0. The summed E-state index contributed by atoms with van der Waals surface area (Å²) < 4.78 is 10.3. The first kappa shape index (κ1) is 9.86. The monoisotopic (exact) mass is 181 g/mol. The molecule has 3 nitrogen and oxygen atoms in total. The topological polar surface area (TPSA) is 44.5 Å². The molecule has 0 aromatic heterocycles. The third kappa shape index (κ3) is 2.63. The second-order valence-corrected chi connectivity index (χ2v) is 2.71. The molecule has 13 heavy (non-hydrogen) atoms. The number of nitrogen functional groups attached to an aromatic ring is 1. The number of rotatable bonds is 4. The molecule has 72 valence electrons. The predicted octanol–water partition coefficient (Wildman–Crippen LogP) is 1.81. The average molecular weight is 181 g/mol. The third-order valence-electron chi connectivity index (χ3n) is 1.77. The number of hydrogen-bond acceptors (Lipinski definition) is 3. The summed E-state index contributed by atoms with van der Waals surface area (Å²) in [6.45, 7) is 3.29. The highest BCUT2D eigenvalue weighted by Gasteiger charge is 2.00. The highest BCUT2D eigenvalue weighted by molar-refractivity contribution is 5.53. The lowest BCUT2D eigenvalue weighted by molar-refractivity contribution is 0.134. The summed E-state index contributed by atoms with van der Waals surface area (Å²) in [6.07, 6.45) is 0. The van der Waals surface area contributed by atoms with Crippen molar-refractivity contribution < 1.29 is 9.47 Å². The van der Waals surface area contributed by atoms with Gasteiger partial charge in [-0.3, -0.25) is 0 Å². The van der Waals surface area contributed by atoms with E-state index in [-0.39, 0.29) is 0 Å². The molecule has 1 aromatic rings. The van der Waals surface area contributed by atoms with Crippen LogP contribution in [0, 0.1) is 0 Å². The second kappa shape index (κ2) is 4.72. The Kier molecular flexibility index (Phi) is 3.58. The van der Waals surface area contributed by atoms with Gasteiger partial charge in [0.2, 0.25) is 0 Å². The minimum atomic E-state index is 0.604. The van der Waals surface area contributed by atoms with Crippen molar-refractivity contribution in [2.24, 2.45) is 0 Å². The van der Waals surface area contributed by atoms with Gasteiger partial charge in [-0.1, -0.05) is 6.07 Å². The molecule has 1 rings (SSSR count). The lowest BCUT2D eigenvalue weighted by Gasteiger charge is -2.07. The molecule has 0 amide bonds. The molecule has 3 heteroatoms. The summed E-state index contributed by atoms with van der Waals surface area (Å²) in [5.41, 5.74) is 7.39. The van der Waals surface area contributed by atoms with Crippen molar-refractivity contribution in [2.75, 3.05) is 19.5 Å². The van der Waals surface area contributed by atoms with Gasteiger partial charge in [0.05, 0.1) is 19.4 Å². The lowest BCUT2D eigenvalue weighted by atomic mass is 10.2. The molecule has 0 spiro atoms. The number of ether oxygens (including phenoxy) is 2. The average Bonchev–Trinajstić information content (AvgIpc) is 2.16. The van der Waals surface area contributed by atoms with Gasteiger partial charge in [0.25, 0.3) is 0 Å². The quantitative estimate of drug-likeness (QED) is 0.720. The largest absolute Gasteiger partial charge is 0.495 e. The first-order valence-electron chi connectivity index (χ1n) is 4.28. The van der Waals surface area contributed by atoms with Gasteiger partial charge in [-0.2, -0.15) is 0 Å². The molecule has 0 atom stereocenters. The van der Waals surface area contributed by atoms with E-state index in [4.69, 9.17) is 15.2 Å². The van der Waals surface area contributed by atoms with Gasteiger partial charge >= 0.3 is 0 Å². The van der Waals surface area contributed by atoms with Crippen LogP contribution in [0.2, 0.25) is 0 Å². The molecule has 0 radical (unpaired) electrons. The zero-order valence-electron chi connectivity index (χ0n) is 8.04. The van der Waals surface area contributed by atoms with Crippen LogP contribution in [0.15, 0.2) is 18.2 Å². The number of hydrogen-bond donors (Lipinski definition) is 1. The Hall–Kier alpha value is -1.22. The summed E-state index contributed by atoms with van der Waals surface area (Å²) in [5, 5.41) is 0. The first-order valence-corrected chi connectivity index (χ1v) is 4.28. The molecule has 0 unspecified atom stereocenters.